The molecular formula is C7H13NS. The lowest BCUT2D eigenvalue weighted by Crippen LogP contribution is -2.09. The predicted octanol–water partition coefficient (Wildman–Crippen LogP) is 2.29. The first kappa shape index (κ1) is 8.84. The standard InChI is InChI=1S/C7H13NS/c1-4-6(2)7(5-8)9-3/h6-7H,4H2,1-3H3. The van der Waals surface area contributed by atoms with Crippen molar-refractivity contribution in [2.24, 2.45) is 5.92 Å². The summed E-state index contributed by atoms with van der Waals surface area (Å²) in [5, 5.41) is 8.75. The first-order chi connectivity index (χ1) is 4.26. The summed E-state index contributed by atoms with van der Waals surface area (Å²) in [5.41, 5.74) is 0. The lowest BCUT2D eigenvalue weighted by molar-refractivity contribution is 0.590. The van der Waals surface area contributed by atoms with Crippen molar-refractivity contribution in [1.29, 1.82) is 5.26 Å². The van der Waals surface area contributed by atoms with Crippen LogP contribution in [0.3, 0.4) is 0 Å². The van der Waals surface area contributed by atoms with Crippen LogP contribution in [0.2, 0.25) is 0 Å². The monoisotopic (exact) mass is 143 g/mol. The van der Waals surface area contributed by atoms with Crippen molar-refractivity contribution in [1.82, 2.24) is 0 Å². The van der Waals surface area contributed by atoms with E-state index in [1.807, 2.05) is 6.26 Å². The third kappa shape index (κ3) is 2.76. The molecule has 0 N–H and O–H groups in total. The molecule has 2 heteroatoms. The summed E-state index contributed by atoms with van der Waals surface area (Å²) in [6.07, 6.45) is 3.08. The molecule has 0 aliphatic carbocycles. The van der Waals surface area contributed by atoms with Gasteiger partial charge in [0.15, 0.2) is 0 Å². The Labute approximate surface area is 61.4 Å². The van der Waals surface area contributed by atoms with E-state index in [2.05, 4.69) is 19.9 Å². The summed E-state index contributed by atoms with van der Waals surface area (Å²) in [7, 11) is 0. The Morgan fingerprint density at radius 3 is 2.33 bits per heavy atom. The number of rotatable bonds is 3. The Hall–Kier alpha value is -0.160. The van der Waals surface area contributed by atoms with Gasteiger partial charge >= 0.3 is 0 Å². The topological polar surface area (TPSA) is 23.8 Å². The zero-order chi connectivity index (χ0) is 7.28. The molecule has 0 heterocycles. The summed E-state index contributed by atoms with van der Waals surface area (Å²) in [6.45, 7) is 4.23. The smallest absolute Gasteiger partial charge is 0.0939 e. The van der Waals surface area contributed by atoms with Gasteiger partial charge in [-0.15, -0.1) is 11.8 Å². The molecule has 0 rings (SSSR count). The maximum absolute atomic E-state index is 8.56. The fourth-order valence-corrected chi connectivity index (χ4v) is 1.39. The van der Waals surface area contributed by atoms with E-state index >= 15 is 0 Å². The average Bonchev–Trinajstić information content (AvgIpc) is 1.90. The molecule has 52 valence electrons. The highest BCUT2D eigenvalue weighted by Crippen LogP contribution is 2.18. The van der Waals surface area contributed by atoms with Crippen molar-refractivity contribution < 1.29 is 0 Å². The number of thioether (sulfide) groups is 1. The SMILES string of the molecule is CCC(C)C(C#N)SC. The van der Waals surface area contributed by atoms with Gasteiger partial charge in [0.2, 0.25) is 0 Å². The highest BCUT2D eigenvalue weighted by atomic mass is 32.2. The van der Waals surface area contributed by atoms with E-state index in [1.54, 1.807) is 11.8 Å². The van der Waals surface area contributed by atoms with Gasteiger partial charge in [-0.2, -0.15) is 5.26 Å². The zero-order valence-electron chi connectivity index (χ0n) is 6.22. The molecule has 1 nitrogen and oxygen atoms in total. The van der Waals surface area contributed by atoms with Crippen LogP contribution in [0.4, 0.5) is 0 Å². The quantitative estimate of drug-likeness (QED) is 0.605. The minimum Gasteiger partial charge on any atom is -0.197 e. The molecule has 0 bridgehead atoms. The first-order valence-electron chi connectivity index (χ1n) is 3.18. The van der Waals surface area contributed by atoms with Crippen LogP contribution in [0.1, 0.15) is 20.3 Å². The van der Waals surface area contributed by atoms with Crippen LogP contribution in [-0.2, 0) is 0 Å². The van der Waals surface area contributed by atoms with Crippen LogP contribution in [0.25, 0.3) is 0 Å². The molecule has 0 aromatic carbocycles. The third-order valence-corrected chi connectivity index (χ3v) is 2.62. The van der Waals surface area contributed by atoms with Crippen molar-refractivity contribution in [3.63, 3.8) is 0 Å². The molecule has 0 aliphatic heterocycles. The summed E-state index contributed by atoms with van der Waals surface area (Å²) in [5.74, 6) is 0.532. The van der Waals surface area contributed by atoms with Crippen LogP contribution >= 0.6 is 11.8 Å². The van der Waals surface area contributed by atoms with Crippen molar-refractivity contribution in [3.05, 3.63) is 0 Å². The van der Waals surface area contributed by atoms with Gasteiger partial charge in [0, 0.05) is 0 Å². The third-order valence-electron chi connectivity index (χ3n) is 1.54. The normalized spacial score (nSPS) is 16.2. The molecule has 9 heavy (non-hydrogen) atoms. The van der Waals surface area contributed by atoms with Gasteiger partial charge in [-0.05, 0) is 12.2 Å². The molecular weight excluding hydrogens is 130 g/mol. The van der Waals surface area contributed by atoms with Crippen LogP contribution in [0, 0.1) is 17.2 Å². The maximum Gasteiger partial charge on any atom is 0.0939 e. The van der Waals surface area contributed by atoms with Crippen molar-refractivity contribution >= 4 is 11.8 Å². The van der Waals surface area contributed by atoms with Crippen LogP contribution in [0.5, 0.6) is 0 Å². The Morgan fingerprint density at radius 2 is 2.22 bits per heavy atom. The number of hydrogen-bond donors (Lipinski definition) is 0. The maximum atomic E-state index is 8.56. The van der Waals surface area contributed by atoms with E-state index in [-0.39, 0.29) is 5.25 Å². The highest BCUT2D eigenvalue weighted by molar-refractivity contribution is 7.99. The second-order valence-electron chi connectivity index (χ2n) is 2.17. The molecule has 0 aliphatic rings. The Kier molecular flexibility index (Phi) is 4.61. The molecule has 0 spiro atoms. The van der Waals surface area contributed by atoms with E-state index in [4.69, 9.17) is 5.26 Å². The summed E-state index contributed by atoms with van der Waals surface area (Å²) < 4.78 is 0. The van der Waals surface area contributed by atoms with Crippen molar-refractivity contribution in [2.45, 2.75) is 25.5 Å². The summed E-state index contributed by atoms with van der Waals surface area (Å²) in [4.78, 5) is 0. The molecule has 0 saturated heterocycles. The van der Waals surface area contributed by atoms with Gasteiger partial charge in [-0.1, -0.05) is 20.3 Å². The molecule has 2 atom stereocenters. The molecule has 0 aromatic heterocycles. The molecule has 0 radical (unpaired) electrons. The largest absolute Gasteiger partial charge is 0.197 e. The Morgan fingerprint density at radius 1 is 1.67 bits per heavy atom. The molecule has 2 unspecified atom stereocenters. The molecule has 0 fully saturated rings. The van der Waals surface area contributed by atoms with Crippen molar-refractivity contribution in [3.8, 4) is 6.07 Å². The zero-order valence-corrected chi connectivity index (χ0v) is 7.03. The number of nitriles is 1. The molecule has 0 amide bonds. The minimum atomic E-state index is 0.190. The highest BCUT2D eigenvalue weighted by Gasteiger charge is 2.11. The van der Waals surface area contributed by atoms with Crippen molar-refractivity contribution in [2.75, 3.05) is 6.26 Å². The van der Waals surface area contributed by atoms with E-state index in [0.717, 1.165) is 6.42 Å². The van der Waals surface area contributed by atoms with Gasteiger partial charge in [0.1, 0.15) is 0 Å². The minimum absolute atomic E-state index is 0.190. The second-order valence-corrected chi connectivity index (χ2v) is 3.15. The second kappa shape index (κ2) is 4.69. The van der Waals surface area contributed by atoms with Gasteiger partial charge in [-0.25, -0.2) is 0 Å². The lowest BCUT2D eigenvalue weighted by atomic mass is 10.1. The van der Waals surface area contributed by atoms with Gasteiger partial charge in [0.25, 0.3) is 0 Å². The fraction of sp³-hybridized carbons (Fsp3) is 0.857. The average molecular weight is 143 g/mol. The molecule has 0 saturated carbocycles. The Balaban J connectivity index is 3.68. The fourth-order valence-electron chi connectivity index (χ4n) is 0.626. The Bertz CT molecular complexity index is 106. The number of hydrogen-bond acceptors (Lipinski definition) is 2. The van der Waals surface area contributed by atoms with E-state index in [1.165, 1.54) is 0 Å². The van der Waals surface area contributed by atoms with Gasteiger partial charge < -0.3 is 0 Å². The van der Waals surface area contributed by atoms with Crippen LogP contribution in [-0.4, -0.2) is 11.5 Å². The van der Waals surface area contributed by atoms with E-state index in [9.17, 15) is 0 Å². The summed E-state index contributed by atoms with van der Waals surface area (Å²) in [6, 6.07) is 2.27. The lowest BCUT2D eigenvalue weighted by Gasteiger charge is -2.11. The summed E-state index contributed by atoms with van der Waals surface area (Å²) >= 11 is 1.64. The molecule has 0 aromatic rings. The van der Waals surface area contributed by atoms with Crippen LogP contribution in [0.15, 0.2) is 0 Å². The van der Waals surface area contributed by atoms with E-state index in [0.29, 0.717) is 5.92 Å². The first-order valence-corrected chi connectivity index (χ1v) is 4.47. The van der Waals surface area contributed by atoms with Gasteiger partial charge in [-0.3, -0.25) is 0 Å². The van der Waals surface area contributed by atoms with Gasteiger partial charge in [0.05, 0.1) is 11.3 Å². The number of nitrogens with zero attached hydrogens (tertiary/aromatic N) is 1. The van der Waals surface area contributed by atoms with E-state index < -0.39 is 0 Å². The predicted molar refractivity (Wildman–Crippen MR) is 42.4 cm³/mol. The van der Waals surface area contributed by atoms with Crippen LogP contribution < -0.4 is 0 Å².